The minimum Gasteiger partial charge on any atom is -0.483 e. The van der Waals surface area contributed by atoms with Crippen molar-refractivity contribution in [3.05, 3.63) is 64.7 Å². The largest absolute Gasteiger partial charge is 0.483 e. The minimum absolute atomic E-state index is 0.218. The second-order valence-corrected chi connectivity index (χ2v) is 5.48. The van der Waals surface area contributed by atoms with Crippen LogP contribution in [0.4, 0.5) is 0 Å². The summed E-state index contributed by atoms with van der Waals surface area (Å²) in [5.74, 6) is -0.487. The molecule has 0 aliphatic carbocycles. The van der Waals surface area contributed by atoms with Gasteiger partial charge in [0, 0.05) is 18.6 Å². The quantitative estimate of drug-likeness (QED) is 0.883. The third kappa shape index (κ3) is 4.72. The van der Waals surface area contributed by atoms with Crippen molar-refractivity contribution in [3.8, 4) is 5.75 Å². The van der Waals surface area contributed by atoms with E-state index in [1.54, 1.807) is 48.3 Å². The fourth-order valence-electron chi connectivity index (χ4n) is 2.10. The molecule has 2 rings (SSSR count). The van der Waals surface area contributed by atoms with Crippen molar-refractivity contribution >= 4 is 23.4 Å². The summed E-state index contributed by atoms with van der Waals surface area (Å²) >= 11 is 5.95. The van der Waals surface area contributed by atoms with Crippen molar-refractivity contribution in [3.63, 3.8) is 0 Å². The Morgan fingerprint density at radius 3 is 2.61 bits per heavy atom. The zero-order valence-electron chi connectivity index (χ0n) is 12.7. The molecule has 0 aliphatic heterocycles. The number of hydrogen-bond donors (Lipinski definition) is 1. The highest BCUT2D eigenvalue weighted by Gasteiger charge is 2.17. The molecule has 0 saturated heterocycles. The molecule has 0 radical (unpaired) electrons. The Morgan fingerprint density at radius 2 is 1.91 bits per heavy atom. The van der Waals surface area contributed by atoms with E-state index in [0.29, 0.717) is 22.9 Å². The molecule has 5 nitrogen and oxygen atoms in total. The van der Waals surface area contributed by atoms with E-state index in [4.69, 9.17) is 22.1 Å². The van der Waals surface area contributed by atoms with Gasteiger partial charge < -0.3 is 15.4 Å². The van der Waals surface area contributed by atoms with Crippen LogP contribution in [0.1, 0.15) is 15.9 Å². The van der Waals surface area contributed by atoms with Gasteiger partial charge in [-0.1, -0.05) is 35.9 Å². The van der Waals surface area contributed by atoms with Crippen LogP contribution in [0.15, 0.2) is 48.5 Å². The number of halogens is 1. The summed E-state index contributed by atoms with van der Waals surface area (Å²) in [6.07, 6.45) is 0. The van der Waals surface area contributed by atoms with Gasteiger partial charge in [-0.05, 0) is 29.8 Å². The van der Waals surface area contributed by atoms with Crippen molar-refractivity contribution in [2.75, 3.05) is 13.7 Å². The third-order valence-electron chi connectivity index (χ3n) is 3.14. The molecule has 0 aromatic heterocycles. The predicted molar refractivity (Wildman–Crippen MR) is 88.4 cm³/mol. The molecule has 0 bridgehead atoms. The molecule has 0 unspecified atom stereocenters. The number of amides is 2. The standard InChI is InChI=1S/C17H17ClN2O3/c1-20(10-12-5-4-6-13(18)9-12)17(22)14-7-2-3-8-15(14)23-11-16(19)21/h2-9H,10-11H2,1H3,(H2,19,21). The van der Waals surface area contributed by atoms with Crippen LogP contribution in [0.3, 0.4) is 0 Å². The zero-order valence-corrected chi connectivity index (χ0v) is 13.4. The SMILES string of the molecule is CN(Cc1cccc(Cl)c1)C(=O)c1ccccc1OCC(N)=O. The Bertz CT molecular complexity index is 718. The van der Waals surface area contributed by atoms with Crippen molar-refractivity contribution in [1.29, 1.82) is 0 Å². The molecule has 0 spiro atoms. The second kappa shape index (κ2) is 7.65. The lowest BCUT2D eigenvalue weighted by Gasteiger charge is -2.19. The molecule has 2 aromatic rings. The van der Waals surface area contributed by atoms with Crippen LogP contribution in [-0.2, 0) is 11.3 Å². The van der Waals surface area contributed by atoms with Crippen molar-refractivity contribution in [2.24, 2.45) is 5.73 Å². The number of carbonyl (C=O) groups excluding carboxylic acids is 2. The summed E-state index contributed by atoms with van der Waals surface area (Å²) in [6, 6.07) is 14.0. The smallest absolute Gasteiger partial charge is 0.257 e. The van der Waals surface area contributed by atoms with Gasteiger partial charge >= 0.3 is 0 Å². The van der Waals surface area contributed by atoms with Crippen LogP contribution < -0.4 is 10.5 Å². The molecule has 0 saturated carbocycles. The van der Waals surface area contributed by atoms with Crippen LogP contribution in [-0.4, -0.2) is 30.4 Å². The number of primary amides is 1. The number of nitrogens with zero attached hydrogens (tertiary/aromatic N) is 1. The Kier molecular flexibility index (Phi) is 5.60. The zero-order chi connectivity index (χ0) is 16.8. The Hall–Kier alpha value is -2.53. The second-order valence-electron chi connectivity index (χ2n) is 5.04. The van der Waals surface area contributed by atoms with E-state index in [1.807, 2.05) is 12.1 Å². The van der Waals surface area contributed by atoms with E-state index < -0.39 is 5.91 Å². The number of benzene rings is 2. The molecule has 2 N–H and O–H groups in total. The predicted octanol–water partition coefficient (Wildman–Crippen LogP) is 2.48. The molecule has 120 valence electrons. The molecular formula is C17H17ClN2O3. The Labute approximate surface area is 139 Å². The Morgan fingerprint density at radius 1 is 1.17 bits per heavy atom. The first kappa shape index (κ1) is 16.8. The summed E-state index contributed by atoms with van der Waals surface area (Å²) in [5.41, 5.74) is 6.36. The molecule has 2 aromatic carbocycles. The maximum atomic E-state index is 12.6. The average molecular weight is 333 g/mol. The van der Waals surface area contributed by atoms with Gasteiger partial charge in [-0.15, -0.1) is 0 Å². The molecule has 0 fully saturated rings. The summed E-state index contributed by atoms with van der Waals surface area (Å²) < 4.78 is 5.30. The molecular weight excluding hydrogens is 316 g/mol. The number of hydrogen-bond acceptors (Lipinski definition) is 3. The van der Waals surface area contributed by atoms with Gasteiger partial charge in [0.2, 0.25) is 0 Å². The molecule has 0 atom stereocenters. The molecule has 0 aliphatic rings. The van der Waals surface area contributed by atoms with E-state index in [2.05, 4.69) is 0 Å². The van der Waals surface area contributed by atoms with Crippen LogP contribution >= 0.6 is 11.6 Å². The number of ether oxygens (including phenoxy) is 1. The highest BCUT2D eigenvalue weighted by molar-refractivity contribution is 6.30. The summed E-state index contributed by atoms with van der Waals surface area (Å²) in [5, 5.41) is 0.619. The normalized spacial score (nSPS) is 10.2. The highest BCUT2D eigenvalue weighted by atomic mass is 35.5. The van der Waals surface area contributed by atoms with Crippen molar-refractivity contribution in [2.45, 2.75) is 6.54 Å². The van der Waals surface area contributed by atoms with Gasteiger partial charge in [-0.2, -0.15) is 0 Å². The minimum atomic E-state index is -0.598. The number of rotatable bonds is 6. The van der Waals surface area contributed by atoms with Gasteiger partial charge in [0.1, 0.15) is 5.75 Å². The van der Waals surface area contributed by atoms with Crippen LogP contribution in [0.25, 0.3) is 0 Å². The van der Waals surface area contributed by atoms with E-state index in [-0.39, 0.29) is 12.5 Å². The van der Waals surface area contributed by atoms with Gasteiger partial charge in [0.25, 0.3) is 11.8 Å². The monoisotopic (exact) mass is 332 g/mol. The first-order valence-corrected chi connectivity index (χ1v) is 7.35. The number of carbonyl (C=O) groups is 2. The van der Waals surface area contributed by atoms with Gasteiger partial charge in [0.05, 0.1) is 5.56 Å². The fraction of sp³-hybridized carbons (Fsp3) is 0.176. The molecule has 2 amide bonds. The van der Waals surface area contributed by atoms with Crippen molar-refractivity contribution < 1.29 is 14.3 Å². The summed E-state index contributed by atoms with van der Waals surface area (Å²) in [7, 11) is 1.69. The molecule has 23 heavy (non-hydrogen) atoms. The maximum Gasteiger partial charge on any atom is 0.257 e. The van der Waals surface area contributed by atoms with Gasteiger partial charge in [-0.3, -0.25) is 9.59 Å². The molecule has 6 heteroatoms. The molecule has 0 heterocycles. The first-order chi connectivity index (χ1) is 11.0. The van der Waals surface area contributed by atoms with Gasteiger partial charge in [-0.25, -0.2) is 0 Å². The van der Waals surface area contributed by atoms with E-state index in [0.717, 1.165) is 5.56 Å². The third-order valence-corrected chi connectivity index (χ3v) is 3.38. The number of para-hydroxylation sites is 1. The average Bonchev–Trinajstić information content (AvgIpc) is 2.52. The topological polar surface area (TPSA) is 72.6 Å². The lowest BCUT2D eigenvalue weighted by molar-refractivity contribution is -0.119. The maximum absolute atomic E-state index is 12.6. The van der Waals surface area contributed by atoms with E-state index in [1.165, 1.54) is 0 Å². The Balaban J connectivity index is 2.14. The van der Waals surface area contributed by atoms with Gasteiger partial charge in [0.15, 0.2) is 6.61 Å². The number of nitrogens with two attached hydrogens (primary N) is 1. The lowest BCUT2D eigenvalue weighted by atomic mass is 10.1. The summed E-state index contributed by atoms with van der Waals surface area (Å²) in [6.45, 7) is 0.131. The van der Waals surface area contributed by atoms with Crippen LogP contribution in [0.5, 0.6) is 5.75 Å². The highest BCUT2D eigenvalue weighted by Crippen LogP contribution is 2.21. The fourth-order valence-corrected chi connectivity index (χ4v) is 2.32. The van der Waals surface area contributed by atoms with E-state index >= 15 is 0 Å². The lowest BCUT2D eigenvalue weighted by Crippen LogP contribution is -2.27. The first-order valence-electron chi connectivity index (χ1n) is 6.97. The van der Waals surface area contributed by atoms with Crippen molar-refractivity contribution in [1.82, 2.24) is 4.90 Å². The summed E-state index contributed by atoms with van der Waals surface area (Å²) in [4.78, 5) is 25.0. The van der Waals surface area contributed by atoms with Crippen LogP contribution in [0.2, 0.25) is 5.02 Å². The van der Waals surface area contributed by atoms with Crippen LogP contribution in [0, 0.1) is 0 Å². The van der Waals surface area contributed by atoms with E-state index in [9.17, 15) is 9.59 Å².